The topological polar surface area (TPSA) is 59.2 Å². The monoisotopic (exact) mass is 285 g/mol. The quantitative estimate of drug-likeness (QED) is 0.919. The van der Waals surface area contributed by atoms with E-state index in [-0.39, 0.29) is 11.3 Å². The Morgan fingerprint density at radius 3 is 2.71 bits per heavy atom. The van der Waals surface area contributed by atoms with Crippen LogP contribution in [-0.2, 0) is 0 Å². The molecule has 0 atom stereocenters. The Bertz CT molecular complexity index is 631. The van der Waals surface area contributed by atoms with E-state index >= 15 is 0 Å². The van der Waals surface area contributed by atoms with Gasteiger partial charge in [-0.15, -0.1) is 0 Å². The first-order valence-electron chi connectivity index (χ1n) is 7.31. The third-order valence-corrected chi connectivity index (χ3v) is 3.72. The van der Waals surface area contributed by atoms with Crippen LogP contribution >= 0.6 is 0 Å². The average molecular weight is 285 g/mol. The maximum atomic E-state index is 12.8. The van der Waals surface area contributed by atoms with Crippen molar-refractivity contribution >= 4 is 16.8 Å². The van der Waals surface area contributed by atoms with Crippen LogP contribution in [0, 0.1) is 5.41 Å². The molecule has 0 aliphatic rings. The molecule has 112 valence electrons. The summed E-state index contributed by atoms with van der Waals surface area (Å²) in [6, 6.07) is 9.47. The standard InChI is InChI=1S/C17H23N3O/c1-4-20(12-17(2,3)11-18)16(21)14-7-5-9-15-13(14)8-6-10-19-15/h5-10H,4,11-12,18H2,1-3H3. The molecule has 0 radical (unpaired) electrons. The molecule has 2 aromatic rings. The summed E-state index contributed by atoms with van der Waals surface area (Å²) in [6.07, 6.45) is 1.74. The fourth-order valence-corrected chi connectivity index (χ4v) is 2.37. The van der Waals surface area contributed by atoms with E-state index in [0.717, 1.165) is 10.9 Å². The number of amides is 1. The number of fused-ring (bicyclic) bond motifs is 1. The first-order valence-corrected chi connectivity index (χ1v) is 7.31. The van der Waals surface area contributed by atoms with Gasteiger partial charge in [0.1, 0.15) is 0 Å². The molecule has 0 saturated heterocycles. The second-order valence-corrected chi connectivity index (χ2v) is 6.06. The van der Waals surface area contributed by atoms with E-state index in [0.29, 0.717) is 25.2 Å². The Hall–Kier alpha value is -1.94. The minimum atomic E-state index is -0.0888. The summed E-state index contributed by atoms with van der Waals surface area (Å²) in [4.78, 5) is 19.0. The summed E-state index contributed by atoms with van der Waals surface area (Å²) in [5.74, 6) is 0.0395. The number of nitrogens with two attached hydrogens (primary N) is 1. The summed E-state index contributed by atoms with van der Waals surface area (Å²) in [5.41, 5.74) is 7.25. The second kappa shape index (κ2) is 6.22. The van der Waals surface area contributed by atoms with Gasteiger partial charge >= 0.3 is 0 Å². The van der Waals surface area contributed by atoms with E-state index in [2.05, 4.69) is 18.8 Å². The third-order valence-electron chi connectivity index (χ3n) is 3.72. The lowest BCUT2D eigenvalue weighted by molar-refractivity contribution is 0.0703. The molecule has 2 rings (SSSR count). The molecule has 2 N–H and O–H groups in total. The summed E-state index contributed by atoms with van der Waals surface area (Å²) in [5, 5.41) is 0.897. The predicted molar refractivity (Wildman–Crippen MR) is 86.2 cm³/mol. The maximum absolute atomic E-state index is 12.8. The van der Waals surface area contributed by atoms with Gasteiger partial charge in [-0.2, -0.15) is 0 Å². The Morgan fingerprint density at radius 1 is 1.29 bits per heavy atom. The molecule has 1 aromatic heterocycles. The van der Waals surface area contributed by atoms with E-state index in [9.17, 15) is 4.79 Å². The number of rotatable bonds is 5. The second-order valence-electron chi connectivity index (χ2n) is 6.06. The van der Waals surface area contributed by atoms with Crippen molar-refractivity contribution in [1.29, 1.82) is 0 Å². The molecule has 0 saturated carbocycles. The van der Waals surface area contributed by atoms with Gasteiger partial charge in [-0.3, -0.25) is 9.78 Å². The van der Waals surface area contributed by atoms with Crippen molar-refractivity contribution in [3.8, 4) is 0 Å². The van der Waals surface area contributed by atoms with Gasteiger partial charge in [-0.05, 0) is 37.1 Å². The maximum Gasteiger partial charge on any atom is 0.254 e. The highest BCUT2D eigenvalue weighted by Gasteiger charge is 2.24. The van der Waals surface area contributed by atoms with E-state index in [1.165, 1.54) is 0 Å². The number of carbonyl (C=O) groups is 1. The van der Waals surface area contributed by atoms with Crippen LogP contribution in [0.1, 0.15) is 31.1 Å². The minimum Gasteiger partial charge on any atom is -0.338 e. The van der Waals surface area contributed by atoms with Crippen LogP contribution in [0.25, 0.3) is 10.9 Å². The van der Waals surface area contributed by atoms with Gasteiger partial charge in [0.05, 0.1) is 5.52 Å². The Balaban J connectivity index is 2.36. The zero-order valence-electron chi connectivity index (χ0n) is 13.0. The number of hydrogen-bond acceptors (Lipinski definition) is 3. The van der Waals surface area contributed by atoms with Crippen molar-refractivity contribution in [3.63, 3.8) is 0 Å². The summed E-state index contributed by atoms with van der Waals surface area (Å²) in [7, 11) is 0. The molecule has 0 bridgehead atoms. The third kappa shape index (κ3) is 3.39. The van der Waals surface area contributed by atoms with Gasteiger partial charge in [0, 0.05) is 30.2 Å². The zero-order chi connectivity index (χ0) is 15.5. The SMILES string of the molecule is CCN(CC(C)(C)CN)C(=O)c1cccc2ncccc12. The number of carbonyl (C=O) groups excluding carboxylic acids is 1. The number of hydrogen-bond donors (Lipinski definition) is 1. The van der Waals surface area contributed by atoms with Gasteiger partial charge in [0.25, 0.3) is 5.91 Å². The fourth-order valence-electron chi connectivity index (χ4n) is 2.37. The predicted octanol–water partition coefficient (Wildman–Crippen LogP) is 2.68. The Kier molecular flexibility index (Phi) is 4.58. The number of benzene rings is 1. The van der Waals surface area contributed by atoms with Crippen LogP contribution in [0.3, 0.4) is 0 Å². The van der Waals surface area contributed by atoms with E-state index in [1.807, 2.05) is 42.2 Å². The summed E-state index contributed by atoms with van der Waals surface area (Å²) < 4.78 is 0. The van der Waals surface area contributed by atoms with Crippen LogP contribution < -0.4 is 5.73 Å². The van der Waals surface area contributed by atoms with Crippen LogP contribution in [0.2, 0.25) is 0 Å². The van der Waals surface area contributed by atoms with Gasteiger partial charge in [-0.1, -0.05) is 26.0 Å². The van der Waals surface area contributed by atoms with Crippen LogP contribution in [0.5, 0.6) is 0 Å². The van der Waals surface area contributed by atoms with E-state index < -0.39 is 0 Å². The molecule has 0 fully saturated rings. The number of aromatic nitrogens is 1. The Labute approximate surface area is 126 Å². The van der Waals surface area contributed by atoms with Crippen LogP contribution in [0.4, 0.5) is 0 Å². The molecular weight excluding hydrogens is 262 g/mol. The molecule has 4 nitrogen and oxygen atoms in total. The highest BCUT2D eigenvalue weighted by Crippen LogP contribution is 2.21. The van der Waals surface area contributed by atoms with Crippen molar-refractivity contribution in [1.82, 2.24) is 9.88 Å². The smallest absolute Gasteiger partial charge is 0.254 e. The lowest BCUT2D eigenvalue weighted by Gasteiger charge is -2.31. The average Bonchev–Trinajstić information content (AvgIpc) is 2.51. The first kappa shape index (κ1) is 15.4. The first-order chi connectivity index (χ1) is 9.98. The van der Waals surface area contributed by atoms with Crippen LogP contribution in [-0.4, -0.2) is 35.4 Å². The van der Waals surface area contributed by atoms with Crippen molar-refractivity contribution in [2.45, 2.75) is 20.8 Å². The molecule has 4 heteroatoms. The highest BCUT2D eigenvalue weighted by atomic mass is 16.2. The summed E-state index contributed by atoms with van der Waals surface area (Å²) in [6.45, 7) is 8.01. The van der Waals surface area contributed by atoms with Gasteiger partial charge in [0.15, 0.2) is 0 Å². The lowest BCUT2D eigenvalue weighted by Crippen LogP contribution is -2.42. The van der Waals surface area contributed by atoms with E-state index in [1.54, 1.807) is 6.20 Å². The molecule has 0 spiro atoms. The fraction of sp³-hybridized carbons (Fsp3) is 0.412. The molecule has 1 amide bonds. The van der Waals surface area contributed by atoms with Crippen molar-refractivity contribution in [3.05, 3.63) is 42.1 Å². The summed E-state index contributed by atoms with van der Waals surface area (Å²) >= 11 is 0. The number of nitrogens with zero attached hydrogens (tertiary/aromatic N) is 2. The molecule has 21 heavy (non-hydrogen) atoms. The van der Waals surface area contributed by atoms with Crippen molar-refractivity contribution in [2.75, 3.05) is 19.6 Å². The van der Waals surface area contributed by atoms with Crippen molar-refractivity contribution < 1.29 is 4.79 Å². The van der Waals surface area contributed by atoms with Gasteiger partial charge in [0.2, 0.25) is 0 Å². The molecule has 0 aliphatic carbocycles. The number of pyridine rings is 1. The molecule has 1 aromatic carbocycles. The normalized spacial score (nSPS) is 11.6. The lowest BCUT2D eigenvalue weighted by atomic mass is 9.92. The van der Waals surface area contributed by atoms with Gasteiger partial charge in [-0.25, -0.2) is 0 Å². The molecule has 0 unspecified atom stereocenters. The zero-order valence-corrected chi connectivity index (χ0v) is 13.0. The largest absolute Gasteiger partial charge is 0.338 e. The van der Waals surface area contributed by atoms with Crippen molar-refractivity contribution in [2.24, 2.45) is 11.1 Å². The van der Waals surface area contributed by atoms with E-state index in [4.69, 9.17) is 5.73 Å². The molecule has 0 aliphatic heterocycles. The Morgan fingerprint density at radius 2 is 2.05 bits per heavy atom. The molecule has 1 heterocycles. The van der Waals surface area contributed by atoms with Gasteiger partial charge < -0.3 is 10.6 Å². The minimum absolute atomic E-state index is 0.0395. The molecular formula is C17H23N3O. The van der Waals surface area contributed by atoms with Crippen LogP contribution in [0.15, 0.2) is 36.5 Å². The highest BCUT2D eigenvalue weighted by molar-refractivity contribution is 6.06.